The number of morpholine rings is 1. The van der Waals surface area contributed by atoms with Crippen LogP contribution >= 0.6 is 0 Å². The molecule has 2 aliphatic rings. The second kappa shape index (κ2) is 7.05. The van der Waals surface area contributed by atoms with Gasteiger partial charge >= 0.3 is 0 Å². The predicted octanol–water partition coefficient (Wildman–Crippen LogP) is 2.16. The molecule has 1 heterocycles. The highest BCUT2D eigenvalue weighted by Crippen LogP contribution is 2.24. The molecule has 0 spiro atoms. The van der Waals surface area contributed by atoms with E-state index < -0.39 is 15.6 Å². The Kier molecular flexibility index (Phi) is 5.18. The van der Waals surface area contributed by atoms with Crippen molar-refractivity contribution in [3.05, 3.63) is 29.8 Å². The monoisotopic (exact) mass is 366 g/mol. The van der Waals surface area contributed by atoms with Crippen LogP contribution in [0.4, 0.5) is 0 Å². The van der Waals surface area contributed by atoms with Crippen LogP contribution in [-0.4, -0.2) is 50.6 Å². The van der Waals surface area contributed by atoms with E-state index in [-0.39, 0.29) is 16.8 Å². The van der Waals surface area contributed by atoms with Crippen LogP contribution in [0.15, 0.2) is 29.2 Å². The number of hydrogen-bond donors (Lipinski definition) is 1. The second-order valence-electron chi connectivity index (χ2n) is 7.45. The minimum absolute atomic E-state index is 0.00235. The normalized spacial score (nSPS) is 21.4. The van der Waals surface area contributed by atoms with Gasteiger partial charge in [0.25, 0.3) is 5.91 Å². The summed E-state index contributed by atoms with van der Waals surface area (Å²) in [7, 11) is -3.60. The van der Waals surface area contributed by atoms with Gasteiger partial charge < -0.3 is 9.64 Å². The highest BCUT2D eigenvalue weighted by molar-refractivity contribution is 7.89. The van der Waals surface area contributed by atoms with Gasteiger partial charge in [-0.3, -0.25) is 4.79 Å². The van der Waals surface area contributed by atoms with Crippen LogP contribution in [0.3, 0.4) is 0 Å². The number of carbonyl (C=O) groups excluding carboxylic acids is 1. The standard InChI is InChI=1S/C18H26N2O4S/c1-18(2)13-24-11-10-20(18)17(21)14-6-5-9-16(12-14)25(22,23)19-15-7-3-4-8-15/h5-6,9,12,15,19H,3-4,7-8,10-11,13H2,1-2H3. The first-order valence-corrected chi connectivity index (χ1v) is 10.3. The average Bonchev–Trinajstić information content (AvgIpc) is 3.06. The molecule has 1 saturated heterocycles. The van der Waals surface area contributed by atoms with E-state index in [2.05, 4.69) is 4.72 Å². The summed E-state index contributed by atoms with van der Waals surface area (Å²) in [6.45, 7) is 5.37. The number of rotatable bonds is 4. The number of sulfonamides is 1. The molecule has 1 aliphatic heterocycles. The van der Waals surface area contributed by atoms with Crippen LogP contribution in [0.5, 0.6) is 0 Å². The minimum Gasteiger partial charge on any atom is -0.377 e. The van der Waals surface area contributed by atoms with Crippen LogP contribution in [-0.2, 0) is 14.8 Å². The van der Waals surface area contributed by atoms with Crippen molar-refractivity contribution in [1.29, 1.82) is 0 Å². The summed E-state index contributed by atoms with van der Waals surface area (Å²) >= 11 is 0. The Hall–Kier alpha value is -1.44. The van der Waals surface area contributed by atoms with E-state index in [1.165, 1.54) is 6.07 Å². The lowest BCUT2D eigenvalue weighted by atomic mass is 10.0. The largest absolute Gasteiger partial charge is 0.377 e. The van der Waals surface area contributed by atoms with Gasteiger partial charge in [0.15, 0.2) is 0 Å². The van der Waals surface area contributed by atoms with Crippen molar-refractivity contribution in [2.75, 3.05) is 19.8 Å². The summed E-state index contributed by atoms with van der Waals surface area (Å²) in [5, 5.41) is 0. The molecule has 1 aliphatic carbocycles. The predicted molar refractivity (Wildman–Crippen MR) is 95.0 cm³/mol. The Morgan fingerprint density at radius 3 is 2.68 bits per heavy atom. The maximum atomic E-state index is 12.9. The lowest BCUT2D eigenvalue weighted by molar-refractivity contribution is -0.0370. The molecule has 138 valence electrons. The molecular formula is C18H26N2O4S. The summed E-state index contributed by atoms with van der Waals surface area (Å²) in [4.78, 5) is 14.8. The number of hydrogen-bond acceptors (Lipinski definition) is 4. The molecule has 7 heteroatoms. The van der Waals surface area contributed by atoms with E-state index in [1.807, 2.05) is 13.8 Å². The molecule has 1 aromatic carbocycles. The lowest BCUT2D eigenvalue weighted by Gasteiger charge is -2.42. The number of benzene rings is 1. The van der Waals surface area contributed by atoms with Crippen LogP contribution in [0.1, 0.15) is 49.9 Å². The van der Waals surface area contributed by atoms with Crippen molar-refractivity contribution >= 4 is 15.9 Å². The van der Waals surface area contributed by atoms with E-state index in [4.69, 9.17) is 4.74 Å². The first-order chi connectivity index (χ1) is 11.8. The van der Waals surface area contributed by atoms with E-state index in [0.717, 1.165) is 25.7 Å². The quantitative estimate of drug-likeness (QED) is 0.886. The van der Waals surface area contributed by atoms with E-state index in [1.54, 1.807) is 23.1 Å². The Morgan fingerprint density at radius 1 is 1.28 bits per heavy atom. The number of nitrogens with zero attached hydrogens (tertiary/aromatic N) is 1. The summed E-state index contributed by atoms with van der Waals surface area (Å²) in [5.41, 5.74) is -0.0176. The van der Waals surface area contributed by atoms with Gasteiger partial charge in [-0.05, 0) is 44.9 Å². The second-order valence-corrected chi connectivity index (χ2v) is 9.17. The van der Waals surface area contributed by atoms with Crippen molar-refractivity contribution in [3.8, 4) is 0 Å². The first-order valence-electron chi connectivity index (χ1n) is 8.82. The number of carbonyl (C=O) groups is 1. The van der Waals surface area contributed by atoms with Gasteiger partial charge in [-0.15, -0.1) is 0 Å². The van der Waals surface area contributed by atoms with Gasteiger partial charge in [0.05, 0.1) is 23.6 Å². The Morgan fingerprint density at radius 2 is 2.00 bits per heavy atom. The van der Waals surface area contributed by atoms with Crippen molar-refractivity contribution in [3.63, 3.8) is 0 Å². The van der Waals surface area contributed by atoms with Gasteiger partial charge in [-0.2, -0.15) is 0 Å². The van der Waals surface area contributed by atoms with Gasteiger partial charge in [-0.25, -0.2) is 13.1 Å². The number of ether oxygens (including phenoxy) is 1. The van der Waals surface area contributed by atoms with E-state index in [0.29, 0.717) is 25.3 Å². The molecule has 1 saturated carbocycles. The third-order valence-corrected chi connectivity index (χ3v) is 6.48. The maximum absolute atomic E-state index is 12.9. The van der Waals surface area contributed by atoms with Crippen molar-refractivity contribution in [2.45, 2.75) is 56.0 Å². The minimum atomic E-state index is -3.60. The van der Waals surface area contributed by atoms with Crippen LogP contribution in [0.2, 0.25) is 0 Å². The third-order valence-electron chi connectivity index (χ3n) is 4.96. The molecule has 3 rings (SSSR count). The van der Waals surface area contributed by atoms with Crippen molar-refractivity contribution in [2.24, 2.45) is 0 Å². The third kappa shape index (κ3) is 4.04. The maximum Gasteiger partial charge on any atom is 0.254 e. The molecule has 25 heavy (non-hydrogen) atoms. The van der Waals surface area contributed by atoms with E-state index >= 15 is 0 Å². The van der Waals surface area contributed by atoms with E-state index in [9.17, 15) is 13.2 Å². The molecule has 6 nitrogen and oxygen atoms in total. The zero-order valence-corrected chi connectivity index (χ0v) is 15.6. The van der Waals surface area contributed by atoms with Crippen LogP contribution < -0.4 is 4.72 Å². The Bertz CT molecular complexity index is 739. The highest BCUT2D eigenvalue weighted by atomic mass is 32.2. The molecule has 0 bridgehead atoms. The van der Waals surface area contributed by atoms with Gasteiger partial charge in [0.2, 0.25) is 10.0 Å². The molecular weight excluding hydrogens is 340 g/mol. The zero-order chi connectivity index (χ0) is 18.1. The molecule has 0 aromatic heterocycles. The molecule has 1 N–H and O–H groups in total. The Balaban J connectivity index is 1.82. The average molecular weight is 366 g/mol. The zero-order valence-electron chi connectivity index (χ0n) is 14.8. The molecule has 0 unspecified atom stereocenters. The van der Waals surface area contributed by atoms with Crippen molar-refractivity contribution < 1.29 is 17.9 Å². The van der Waals surface area contributed by atoms with Gasteiger partial charge in [-0.1, -0.05) is 18.9 Å². The topological polar surface area (TPSA) is 75.7 Å². The molecule has 0 radical (unpaired) electrons. The number of nitrogens with one attached hydrogen (secondary N) is 1. The van der Waals surface area contributed by atoms with Gasteiger partial charge in [0, 0.05) is 18.2 Å². The fourth-order valence-corrected chi connectivity index (χ4v) is 4.87. The highest BCUT2D eigenvalue weighted by Gasteiger charge is 2.35. The summed E-state index contributed by atoms with van der Waals surface area (Å²) in [6.07, 6.45) is 3.86. The van der Waals surface area contributed by atoms with Gasteiger partial charge in [0.1, 0.15) is 0 Å². The first kappa shape index (κ1) is 18.4. The Labute approximate surface area is 149 Å². The summed E-state index contributed by atoms with van der Waals surface area (Å²) in [6, 6.07) is 6.32. The summed E-state index contributed by atoms with van der Waals surface area (Å²) < 4.78 is 33.4. The molecule has 2 fully saturated rings. The summed E-state index contributed by atoms with van der Waals surface area (Å²) in [5.74, 6) is -0.161. The fraction of sp³-hybridized carbons (Fsp3) is 0.611. The molecule has 1 amide bonds. The smallest absolute Gasteiger partial charge is 0.254 e. The van der Waals surface area contributed by atoms with Crippen molar-refractivity contribution in [1.82, 2.24) is 9.62 Å². The SMILES string of the molecule is CC1(C)COCCN1C(=O)c1cccc(S(=O)(=O)NC2CCCC2)c1. The fourth-order valence-electron chi connectivity index (χ4n) is 3.52. The van der Waals surface area contributed by atoms with Crippen LogP contribution in [0.25, 0.3) is 0 Å². The number of amides is 1. The van der Waals surface area contributed by atoms with Crippen LogP contribution in [0, 0.1) is 0 Å². The molecule has 0 atom stereocenters. The lowest BCUT2D eigenvalue weighted by Crippen LogP contribution is -2.55. The molecule has 1 aromatic rings.